The number of nitrogens with two attached hydrogens (primary N) is 1. The van der Waals surface area contributed by atoms with Crippen molar-refractivity contribution in [2.24, 2.45) is 5.73 Å². The minimum Gasteiger partial charge on any atom is -0.497 e. The summed E-state index contributed by atoms with van der Waals surface area (Å²) in [4.78, 5) is 0. The van der Waals surface area contributed by atoms with E-state index in [4.69, 9.17) is 10.5 Å². The van der Waals surface area contributed by atoms with Crippen molar-refractivity contribution >= 4 is 5.69 Å². The van der Waals surface area contributed by atoms with Gasteiger partial charge in [0, 0.05) is 23.8 Å². The molecule has 112 valence electrons. The molecule has 3 nitrogen and oxygen atoms in total. The minimum atomic E-state index is -0.137. The van der Waals surface area contributed by atoms with Crippen LogP contribution in [0.4, 0.5) is 5.69 Å². The van der Waals surface area contributed by atoms with E-state index in [9.17, 15) is 0 Å². The maximum atomic E-state index is 6.00. The zero-order valence-electron chi connectivity index (χ0n) is 12.8. The highest BCUT2D eigenvalue weighted by molar-refractivity contribution is 5.50. The molecule has 0 aliphatic carbocycles. The van der Waals surface area contributed by atoms with Crippen LogP contribution >= 0.6 is 0 Å². The molecule has 3 heteroatoms. The number of nitrogens with one attached hydrogen (secondary N) is 1. The molecule has 0 radical (unpaired) electrons. The Hall–Kier alpha value is -2.00. The van der Waals surface area contributed by atoms with Crippen LogP contribution in [0.1, 0.15) is 18.9 Å². The van der Waals surface area contributed by atoms with E-state index in [1.807, 2.05) is 30.3 Å². The second-order valence-corrected chi connectivity index (χ2v) is 5.61. The molecule has 0 aliphatic rings. The summed E-state index contributed by atoms with van der Waals surface area (Å²) < 4.78 is 5.26. The number of hydrogen-bond donors (Lipinski definition) is 2. The van der Waals surface area contributed by atoms with E-state index < -0.39 is 0 Å². The van der Waals surface area contributed by atoms with Gasteiger partial charge >= 0.3 is 0 Å². The van der Waals surface area contributed by atoms with Crippen molar-refractivity contribution in [1.29, 1.82) is 0 Å². The summed E-state index contributed by atoms with van der Waals surface area (Å²) >= 11 is 0. The van der Waals surface area contributed by atoms with Crippen molar-refractivity contribution in [3.05, 3.63) is 60.2 Å². The molecule has 0 saturated carbocycles. The maximum absolute atomic E-state index is 6.00. The van der Waals surface area contributed by atoms with E-state index in [0.29, 0.717) is 6.54 Å². The lowest BCUT2D eigenvalue weighted by Gasteiger charge is -2.31. The van der Waals surface area contributed by atoms with Gasteiger partial charge in [-0.1, -0.05) is 36.4 Å². The quantitative estimate of drug-likeness (QED) is 0.818. The van der Waals surface area contributed by atoms with Crippen LogP contribution in [0, 0.1) is 0 Å². The molecule has 2 aromatic rings. The molecule has 0 aromatic heterocycles. The monoisotopic (exact) mass is 284 g/mol. The van der Waals surface area contributed by atoms with E-state index in [0.717, 1.165) is 24.3 Å². The second-order valence-electron chi connectivity index (χ2n) is 5.61. The Morgan fingerprint density at radius 2 is 1.86 bits per heavy atom. The zero-order chi connectivity index (χ0) is 15.1. The summed E-state index contributed by atoms with van der Waals surface area (Å²) in [7, 11) is 1.68. The molecule has 21 heavy (non-hydrogen) atoms. The molecule has 0 aliphatic heterocycles. The summed E-state index contributed by atoms with van der Waals surface area (Å²) in [5, 5.41) is 3.55. The summed E-state index contributed by atoms with van der Waals surface area (Å²) in [5.41, 5.74) is 8.23. The molecule has 1 atom stereocenters. The Balaban J connectivity index is 2.02. The molecule has 0 amide bonds. The maximum Gasteiger partial charge on any atom is 0.120 e. The molecular weight excluding hydrogens is 260 g/mol. The Morgan fingerprint density at radius 3 is 2.52 bits per heavy atom. The van der Waals surface area contributed by atoms with Crippen molar-refractivity contribution in [3.8, 4) is 5.75 Å². The lowest BCUT2D eigenvalue weighted by molar-refractivity contribution is 0.414. The highest BCUT2D eigenvalue weighted by atomic mass is 16.5. The van der Waals surface area contributed by atoms with Gasteiger partial charge in [-0.25, -0.2) is 0 Å². The van der Waals surface area contributed by atoms with Crippen LogP contribution in [0.3, 0.4) is 0 Å². The van der Waals surface area contributed by atoms with Gasteiger partial charge in [-0.2, -0.15) is 0 Å². The largest absolute Gasteiger partial charge is 0.497 e. The number of benzene rings is 2. The van der Waals surface area contributed by atoms with E-state index in [1.54, 1.807) is 7.11 Å². The van der Waals surface area contributed by atoms with Crippen LogP contribution < -0.4 is 15.8 Å². The number of aryl methyl sites for hydroxylation is 1. The number of rotatable bonds is 7. The highest BCUT2D eigenvalue weighted by Crippen LogP contribution is 2.23. The van der Waals surface area contributed by atoms with Gasteiger partial charge in [0.15, 0.2) is 0 Å². The number of anilines is 1. The predicted molar refractivity (Wildman–Crippen MR) is 88.8 cm³/mol. The van der Waals surface area contributed by atoms with Crippen LogP contribution in [0.25, 0.3) is 0 Å². The molecule has 0 fully saturated rings. The third-order valence-corrected chi connectivity index (χ3v) is 3.77. The van der Waals surface area contributed by atoms with Gasteiger partial charge < -0.3 is 15.8 Å². The van der Waals surface area contributed by atoms with Gasteiger partial charge in [0.2, 0.25) is 0 Å². The van der Waals surface area contributed by atoms with Gasteiger partial charge in [-0.3, -0.25) is 0 Å². The molecule has 2 aromatic carbocycles. The molecule has 2 rings (SSSR count). The first kappa shape index (κ1) is 15.4. The van der Waals surface area contributed by atoms with Gasteiger partial charge in [-0.05, 0) is 37.5 Å². The lowest BCUT2D eigenvalue weighted by atomic mass is 9.93. The Labute approximate surface area is 127 Å². The Kier molecular flexibility index (Phi) is 5.23. The second kappa shape index (κ2) is 7.14. The van der Waals surface area contributed by atoms with Crippen molar-refractivity contribution in [1.82, 2.24) is 0 Å². The normalized spacial score (nSPS) is 13.5. The van der Waals surface area contributed by atoms with Crippen LogP contribution in [-0.2, 0) is 6.42 Å². The van der Waals surface area contributed by atoms with Crippen molar-refractivity contribution < 1.29 is 4.74 Å². The molecular formula is C18H24N2O. The predicted octanol–water partition coefficient (Wildman–Crippen LogP) is 3.46. The fourth-order valence-corrected chi connectivity index (χ4v) is 2.33. The van der Waals surface area contributed by atoms with Gasteiger partial charge in [0.1, 0.15) is 5.75 Å². The molecule has 0 heterocycles. The molecule has 0 saturated heterocycles. The first-order chi connectivity index (χ1) is 10.1. The topological polar surface area (TPSA) is 47.3 Å². The standard InChI is InChI=1S/C18H24N2O/c1-18(14-19,12-11-15-7-4-3-5-8-15)20-16-9-6-10-17(13-16)21-2/h3-10,13,20H,11-12,14,19H2,1-2H3. The van der Waals surface area contributed by atoms with Crippen molar-refractivity contribution in [2.45, 2.75) is 25.3 Å². The van der Waals surface area contributed by atoms with Crippen LogP contribution in [0.2, 0.25) is 0 Å². The number of methoxy groups -OCH3 is 1. The summed E-state index contributed by atoms with van der Waals surface area (Å²) in [6.45, 7) is 2.74. The van der Waals surface area contributed by atoms with Crippen LogP contribution in [0.5, 0.6) is 5.75 Å². The van der Waals surface area contributed by atoms with Crippen molar-refractivity contribution in [2.75, 3.05) is 19.0 Å². The van der Waals surface area contributed by atoms with E-state index in [-0.39, 0.29) is 5.54 Å². The number of hydrogen-bond acceptors (Lipinski definition) is 3. The smallest absolute Gasteiger partial charge is 0.120 e. The Morgan fingerprint density at radius 1 is 1.10 bits per heavy atom. The van der Waals surface area contributed by atoms with Crippen LogP contribution in [-0.4, -0.2) is 19.2 Å². The van der Waals surface area contributed by atoms with Gasteiger partial charge in [0.05, 0.1) is 7.11 Å². The number of ether oxygens (including phenoxy) is 1. The average Bonchev–Trinajstić information content (AvgIpc) is 2.54. The first-order valence-electron chi connectivity index (χ1n) is 7.31. The zero-order valence-corrected chi connectivity index (χ0v) is 12.8. The third kappa shape index (κ3) is 4.50. The highest BCUT2D eigenvalue weighted by Gasteiger charge is 2.22. The SMILES string of the molecule is COc1cccc(NC(C)(CN)CCc2ccccc2)c1. The minimum absolute atomic E-state index is 0.137. The third-order valence-electron chi connectivity index (χ3n) is 3.77. The molecule has 1 unspecified atom stereocenters. The Bertz CT molecular complexity index is 556. The first-order valence-corrected chi connectivity index (χ1v) is 7.31. The van der Waals surface area contributed by atoms with E-state index >= 15 is 0 Å². The molecule has 0 spiro atoms. The summed E-state index contributed by atoms with van der Waals surface area (Å²) in [5.74, 6) is 0.849. The summed E-state index contributed by atoms with van der Waals surface area (Å²) in [6, 6.07) is 18.5. The fraction of sp³-hybridized carbons (Fsp3) is 0.333. The molecule has 3 N–H and O–H groups in total. The van der Waals surface area contributed by atoms with Crippen molar-refractivity contribution in [3.63, 3.8) is 0 Å². The lowest BCUT2D eigenvalue weighted by Crippen LogP contribution is -2.43. The fourth-order valence-electron chi connectivity index (χ4n) is 2.33. The average molecular weight is 284 g/mol. The molecule has 0 bridgehead atoms. The van der Waals surface area contributed by atoms with E-state index in [2.05, 4.69) is 36.5 Å². The van der Waals surface area contributed by atoms with Crippen LogP contribution in [0.15, 0.2) is 54.6 Å². The summed E-state index contributed by atoms with van der Waals surface area (Å²) in [6.07, 6.45) is 1.98. The van der Waals surface area contributed by atoms with E-state index in [1.165, 1.54) is 5.56 Å². The van der Waals surface area contributed by atoms with Gasteiger partial charge in [-0.15, -0.1) is 0 Å². The van der Waals surface area contributed by atoms with Gasteiger partial charge in [0.25, 0.3) is 0 Å².